The molecule has 6 heteroatoms. The number of hydrogen-bond donors (Lipinski definition) is 1. The minimum absolute atomic E-state index is 0.0358. The highest BCUT2D eigenvalue weighted by Crippen LogP contribution is 2.26. The Bertz CT molecular complexity index is 803. The number of carbonyl (C=O) groups is 2. The first-order valence-corrected chi connectivity index (χ1v) is 9.65. The summed E-state index contributed by atoms with van der Waals surface area (Å²) in [5.41, 5.74) is 2.63. The van der Waals surface area contributed by atoms with Gasteiger partial charge in [-0.3, -0.25) is 9.59 Å². The molecule has 0 aliphatic carbocycles. The van der Waals surface area contributed by atoms with Crippen LogP contribution >= 0.6 is 23.2 Å². The van der Waals surface area contributed by atoms with Gasteiger partial charge in [0.15, 0.2) is 0 Å². The Morgan fingerprint density at radius 3 is 2.30 bits per heavy atom. The van der Waals surface area contributed by atoms with Gasteiger partial charge in [-0.2, -0.15) is 0 Å². The summed E-state index contributed by atoms with van der Waals surface area (Å²) >= 11 is 12.4. The quantitative estimate of drug-likeness (QED) is 0.740. The lowest BCUT2D eigenvalue weighted by Crippen LogP contribution is -2.48. The van der Waals surface area contributed by atoms with Gasteiger partial charge in [0.1, 0.15) is 6.04 Å². The average Bonchev–Trinajstić information content (AvgIpc) is 2.63. The largest absolute Gasteiger partial charge is 0.355 e. The molecule has 0 aliphatic rings. The zero-order chi connectivity index (χ0) is 20.0. The van der Waals surface area contributed by atoms with Crippen molar-refractivity contribution in [3.8, 4) is 0 Å². The van der Waals surface area contributed by atoms with Crippen molar-refractivity contribution in [3.63, 3.8) is 0 Å². The van der Waals surface area contributed by atoms with E-state index in [0.717, 1.165) is 11.1 Å². The Morgan fingerprint density at radius 2 is 1.70 bits per heavy atom. The number of nitrogens with one attached hydrogen (secondary N) is 1. The maximum Gasteiger partial charge on any atom is 0.242 e. The standard InChI is InChI=1S/C21H24Cl2N2O2/c1-4-24-21(27)15(3)25(13-16-9-6-5-8-14(16)2)20(26)12-17-18(22)10-7-11-19(17)23/h5-11,15H,4,12-13H2,1-3H3,(H,24,27)/t15-/m1/s1. The molecule has 0 fully saturated rings. The molecule has 0 saturated carbocycles. The third-order valence-corrected chi connectivity index (χ3v) is 5.22. The van der Waals surface area contributed by atoms with E-state index in [4.69, 9.17) is 23.2 Å². The van der Waals surface area contributed by atoms with Gasteiger partial charge in [-0.15, -0.1) is 0 Å². The average molecular weight is 407 g/mol. The van der Waals surface area contributed by atoms with Crippen LogP contribution in [0.25, 0.3) is 0 Å². The van der Waals surface area contributed by atoms with Crippen LogP contribution in [-0.2, 0) is 22.6 Å². The monoisotopic (exact) mass is 406 g/mol. The number of halogens is 2. The van der Waals surface area contributed by atoms with Crippen LogP contribution in [0.5, 0.6) is 0 Å². The molecule has 1 atom stereocenters. The Balaban J connectivity index is 2.31. The van der Waals surface area contributed by atoms with Crippen LogP contribution in [-0.4, -0.2) is 29.3 Å². The van der Waals surface area contributed by atoms with E-state index in [9.17, 15) is 9.59 Å². The third kappa shape index (κ3) is 5.47. The van der Waals surface area contributed by atoms with Gasteiger partial charge in [-0.1, -0.05) is 53.5 Å². The highest BCUT2D eigenvalue weighted by molar-refractivity contribution is 6.36. The molecule has 0 bridgehead atoms. The van der Waals surface area contributed by atoms with E-state index < -0.39 is 6.04 Å². The number of rotatable bonds is 7. The summed E-state index contributed by atoms with van der Waals surface area (Å²) in [5, 5.41) is 3.67. The molecule has 2 amide bonds. The second kappa shape index (κ2) is 9.77. The molecule has 0 heterocycles. The molecular formula is C21H24Cl2N2O2. The minimum atomic E-state index is -0.613. The Kier molecular flexibility index (Phi) is 7.69. The summed E-state index contributed by atoms with van der Waals surface area (Å²) in [6, 6.07) is 12.3. The molecule has 4 nitrogen and oxygen atoms in total. The van der Waals surface area contributed by atoms with Crippen LogP contribution in [0.3, 0.4) is 0 Å². The Morgan fingerprint density at radius 1 is 1.07 bits per heavy atom. The first-order valence-electron chi connectivity index (χ1n) is 8.89. The summed E-state index contributed by atoms with van der Waals surface area (Å²) in [6.45, 7) is 6.41. The molecule has 2 aromatic carbocycles. The maximum absolute atomic E-state index is 13.1. The van der Waals surface area contributed by atoms with Crippen molar-refractivity contribution < 1.29 is 9.59 Å². The Hall–Kier alpha value is -2.04. The smallest absolute Gasteiger partial charge is 0.242 e. The number of nitrogens with zero attached hydrogens (tertiary/aromatic N) is 1. The maximum atomic E-state index is 13.1. The van der Waals surface area contributed by atoms with Gasteiger partial charge in [0.25, 0.3) is 0 Å². The van der Waals surface area contributed by atoms with Gasteiger partial charge in [-0.05, 0) is 49.6 Å². The molecule has 144 valence electrons. The molecule has 0 spiro atoms. The summed E-state index contributed by atoms with van der Waals surface area (Å²) in [7, 11) is 0. The van der Waals surface area contributed by atoms with Gasteiger partial charge >= 0.3 is 0 Å². The summed E-state index contributed by atoms with van der Waals surface area (Å²) < 4.78 is 0. The minimum Gasteiger partial charge on any atom is -0.355 e. The molecule has 1 N–H and O–H groups in total. The molecule has 27 heavy (non-hydrogen) atoms. The topological polar surface area (TPSA) is 49.4 Å². The number of carbonyl (C=O) groups excluding carboxylic acids is 2. The zero-order valence-electron chi connectivity index (χ0n) is 15.8. The molecular weight excluding hydrogens is 383 g/mol. The van der Waals surface area contributed by atoms with Crippen LogP contribution in [0.1, 0.15) is 30.5 Å². The van der Waals surface area contributed by atoms with E-state index in [2.05, 4.69) is 5.32 Å². The first-order chi connectivity index (χ1) is 12.8. The third-order valence-electron chi connectivity index (χ3n) is 4.51. The zero-order valence-corrected chi connectivity index (χ0v) is 17.3. The first kappa shape index (κ1) is 21.3. The molecule has 0 unspecified atom stereocenters. The number of aryl methyl sites for hydroxylation is 1. The van der Waals surface area contributed by atoms with Crippen molar-refractivity contribution in [3.05, 3.63) is 69.2 Å². The summed E-state index contributed by atoms with van der Waals surface area (Å²) in [4.78, 5) is 27.1. The van der Waals surface area contributed by atoms with Gasteiger partial charge in [-0.25, -0.2) is 0 Å². The number of likely N-dealkylation sites (N-methyl/N-ethyl adjacent to an activating group) is 1. The van der Waals surface area contributed by atoms with E-state index in [1.165, 1.54) is 0 Å². The predicted molar refractivity (Wildman–Crippen MR) is 110 cm³/mol. The van der Waals surface area contributed by atoms with E-state index in [1.807, 2.05) is 38.1 Å². The van der Waals surface area contributed by atoms with Crippen molar-refractivity contribution in [2.75, 3.05) is 6.54 Å². The van der Waals surface area contributed by atoms with Gasteiger partial charge in [0.2, 0.25) is 11.8 Å². The van der Waals surface area contributed by atoms with Crippen molar-refractivity contribution >= 4 is 35.0 Å². The molecule has 0 aromatic heterocycles. The summed E-state index contributed by atoms with van der Waals surface area (Å²) in [6.07, 6.45) is 0.0358. The molecule has 0 radical (unpaired) electrons. The number of benzene rings is 2. The lowest BCUT2D eigenvalue weighted by atomic mass is 10.1. The normalized spacial score (nSPS) is 11.7. The van der Waals surface area contributed by atoms with E-state index >= 15 is 0 Å². The second-order valence-corrected chi connectivity index (χ2v) is 7.21. The lowest BCUT2D eigenvalue weighted by Gasteiger charge is -2.29. The molecule has 2 rings (SSSR count). The lowest BCUT2D eigenvalue weighted by molar-refractivity contribution is -0.140. The Labute approximate surface area is 170 Å². The second-order valence-electron chi connectivity index (χ2n) is 6.40. The number of amides is 2. The highest BCUT2D eigenvalue weighted by atomic mass is 35.5. The van der Waals surface area contributed by atoms with Crippen LogP contribution in [0.15, 0.2) is 42.5 Å². The van der Waals surface area contributed by atoms with Crippen LogP contribution in [0.2, 0.25) is 10.0 Å². The fourth-order valence-corrected chi connectivity index (χ4v) is 3.36. The van der Waals surface area contributed by atoms with Gasteiger partial charge in [0.05, 0.1) is 6.42 Å². The van der Waals surface area contributed by atoms with E-state index in [0.29, 0.717) is 28.7 Å². The molecule has 0 aliphatic heterocycles. The van der Waals surface area contributed by atoms with Gasteiger partial charge in [0, 0.05) is 23.1 Å². The van der Waals surface area contributed by atoms with Crippen LogP contribution in [0, 0.1) is 6.92 Å². The SMILES string of the molecule is CCNC(=O)[C@@H](C)N(Cc1ccccc1C)C(=O)Cc1c(Cl)cccc1Cl. The van der Waals surface area contributed by atoms with Crippen LogP contribution < -0.4 is 5.32 Å². The van der Waals surface area contributed by atoms with Crippen molar-refractivity contribution in [2.24, 2.45) is 0 Å². The number of hydrogen-bond acceptors (Lipinski definition) is 2. The van der Waals surface area contributed by atoms with Crippen molar-refractivity contribution in [2.45, 2.75) is 39.8 Å². The van der Waals surface area contributed by atoms with Gasteiger partial charge < -0.3 is 10.2 Å². The van der Waals surface area contributed by atoms with E-state index in [1.54, 1.807) is 30.0 Å². The van der Waals surface area contributed by atoms with Crippen molar-refractivity contribution in [1.29, 1.82) is 0 Å². The fourth-order valence-electron chi connectivity index (χ4n) is 2.83. The molecule has 2 aromatic rings. The van der Waals surface area contributed by atoms with Crippen LogP contribution in [0.4, 0.5) is 0 Å². The van der Waals surface area contributed by atoms with Crippen molar-refractivity contribution in [1.82, 2.24) is 10.2 Å². The van der Waals surface area contributed by atoms with E-state index in [-0.39, 0.29) is 18.2 Å². The molecule has 0 saturated heterocycles. The summed E-state index contributed by atoms with van der Waals surface area (Å²) in [5.74, 6) is -0.392. The predicted octanol–water partition coefficient (Wildman–Crippen LogP) is 4.40. The fraction of sp³-hybridized carbons (Fsp3) is 0.333. The highest BCUT2D eigenvalue weighted by Gasteiger charge is 2.27.